The summed E-state index contributed by atoms with van der Waals surface area (Å²) in [6.07, 6.45) is 6.99. The zero-order valence-corrected chi connectivity index (χ0v) is 15.0. The van der Waals surface area contributed by atoms with Crippen molar-refractivity contribution in [2.45, 2.75) is 19.3 Å². The number of anilines is 1. The van der Waals surface area contributed by atoms with Crippen molar-refractivity contribution in [1.82, 2.24) is 14.9 Å². The van der Waals surface area contributed by atoms with Gasteiger partial charge in [0.25, 0.3) is 0 Å². The maximum Gasteiger partial charge on any atom is 0.227 e. The zero-order valence-electron chi connectivity index (χ0n) is 15.0. The molecule has 138 valence electrons. The molecule has 6 heteroatoms. The molecule has 3 heterocycles. The van der Waals surface area contributed by atoms with Crippen LogP contribution in [0.1, 0.15) is 18.4 Å². The van der Waals surface area contributed by atoms with Crippen LogP contribution in [0.25, 0.3) is 10.9 Å². The van der Waals surface area contributed by atoms with Gasteiger partial charge in [0, 0.05) is 54.2 Å². The fraction of sp³-hybridized carbons (Fsp3) is 0.286. The molecule has 0 spiro atoms. The molecule has 1 aromatic carbocycles. The lowest BCUT2D eigenvalue weighted by atomic mass is 9.95. The van der Waals surface area contributed by atoms with Crippen LogP contribution < -0.4 is 5.32 Å². The van der Waals surface area contributed by atoms with E-state index in [1.54, 1.807) is 24.5 Å². The van der Waals surface area contributed by atoms with E-state index in [4.69, 9.17) is 0 Å². The highest BCUT2D eigenvalue weighted by atomic mass is 16.2. The summed E-state index contributed by atoms with van der Waals surface area (Å²) in [4.78, 5) is 34.1. The lowest BCUT2D eigenvalue weighted by Gasteiger charge is -2.31. The quantitative estimate of drug-likeness (QED) is 0.749. The topological polar surface area (TPSA) is 78.1 Å². The lowest BCUT2D eigenvalue weighted by Crippen LogP contribution is -2.42. The highest BCUT2D eigenvalue weighted by molar-refractivity contribution is 5.93. The number of fused-ring (bicyclic) bond motifs is 1. The number of piperidine rings is 1. The average molecular weight is 362 g/mol. The number of amides is 2. The smallest absolute Gasteiger partial charge is 0.227 e. The number of carbonyl (C=O) groups excluding carboxylic acids is 2. The second-order valence-electron chi connectivity index (χ2n) is 6.92. The van der Waals surface area contributed by atoms with E-state index in [0.717, 1.165) is 22.2 Å². The van der Waals surface area contributed by atoms with Crippen molar-refractivity contribution in [3.63, 3.8) is 0 Å². The van der Waals surface area contributed by atoms with Crippen molar-refractivity contribution < 1.29 is 9.59 Å². The fourth-order valence-electron chi connectivity index (χ4n) is 3.62. The number of likely N-dealkylation sites (tertiary alicyclic amines) is 1. The van der Waals surface area contributed by atoms with Crippen molar-refractivity contribution in [2.24, 2.45) is 5.92 Å². The maximum absolute atomic E-state index is 12.7. The highest BCUT2D eigenvalue weighted by Crippen LogP contribution is 2.22. The predicted octanol–water partition coefficient (Wildman–Crippen LogP) is 2.98. The molecule has 1 aliphatic heterocycles. The van der Waals surface area contributed by atoms with Gasteiger partial charge in [-0.15, -0.1) is 0 Å². The summed E-state index contributed by atoms with van der Waals surface area (Å²) in [5.41, 5.74) is 2.83. The fourth-order valence-corrected chi connectivity index (χ4v) is 3.62. The first-order valence-electron chi connectivity index (χ1n) is 9.24. The Morgan fingerprint density at radius 3 is 2.63 bits per heavy atom. The van der Waals surface area contributed by atoms with Crippen LogP contribution in [0.2, 0.25) is 0 Å². The van der Waals surface area contributed by atoms with Gasteiger partial charge < -0.3 is 15.2 Å². The molecule has 0 atom stereocenters. The zero-order chi connectivity index (χ0) is 18.6. The molecule has 0 aliphatic carbocycles. The van der Waals surface area contributed by atoms with Crippen LogP contribution in [-0.2, 0) is 16.0 Å². The average Bonchev–Trinajstić information content (AvgIpc) is 3.12. The molecule has 2 aromatic heterocycles. The Kier molecular flexibility index (Phi) is 4.87. The summed E-state index contributed by atoms with van der Waals surface area (Å²) >= 11 is 0. The number of carbonyl (C=O) groups is 2. The van der Waals surface area contributed by atoms with Crippen LogP contribution in [0.4, 0.5) is 5.69 Å². The molecule has 0 unspecified atom stereocenters. The summed E-state index contributed by atoms with van der Waals surface area (Å²) in [5, 5.41) is 4.02. The lowest BCUT2D eigenvalue weighted by molar-refractivity contribution is -0.133. The van der Waals surface area contributed by atoms with Crippen molar-refractivity contribution >= 4 is 28.4 Å². The number of hydrogen-bond donors (Lipinski definition) is 2. The van der Waals surface area contributed by atoms with Gasteiger partial charge in [0.1, 0.15) is 0 Å². The summed E-state index contributed by atoms with van der Waals surface area (Å²) in [6.45, 7) is 1.24. The molecule has 1 saturated heterocycles. The molecular formula is C21H22N4O2. The molecule has 0 radical (unpaired) electrons. The third-order valence-corrected chi connectivity index (χ3v) is 5.18. The molecule has 0 saturated carbocycles. The Morgan fingerprint density at radius 1 is 1.11 bits per heavy atom. The third-order valence-electron chi connectivity index (χ3n) is 5.18. The van der Waals surface area contributed by atoms with E-state index in [9.17, 15) is 9.59 Å². The second kappa shape index (κ2) is 7.61. The number of aromatic amines is 1. The van der Waals surface area contributed by atoms with Crippen LogP contribution in [0.5, 0.6) is 0 Å². The van der Waals surface area contributed by atoms with Gasteiger partial charge in [-0.25, -0.2) is 0 Å². The Balaban J connectivity index is 1.32. The van der Waals surface area contributed by atoms with E-state index >= 15 is 0 Å². The minimum atomic E-state index is -0.0599. The number of hydrogen-bond acceptors (Lipinski definition) is 3. The molecule has 3 aromatic rings. The van der Waals surface area contributed by atoms with E-state index in [-0.39, 0.29) is 17.7 Å². The van der Waals surface area contributed by atoms with Gasteiger partial charge in [0.05, 0.1) is 6.42 Å². The Bertz CT molecular complexity index is 943. The molecule has 1 aliphatic rings. The molecule has 6 nitrogen and oxygen atoms in total. The first kappa shape index (κ1) is 17.3. The van der Waals surface area contributed by atoms with Crippen LogP contribution in [0, 0.1) is 5.92 Å². The van der Waals surface area contributed by atoms with Gasteiger partial charge in [-0.2, -0.15) is 0 Å². The Hall–Kier alpha value is -3.15. The first-order chi connectivity index (χ1) is 13.2. The predicted molar refractivity (Wildman–Crippen MR) is 104 cm³/mol. The van der Waals surface area contributed by atoms with Crippen LogP contribution >= 0.6 is 0 Å². The van der Waals surface area contributed by atoms with Gasteiger partial charge in [0.2, 0.25) is 11.8 Å². The van der Waals surface area contributed by atoms with Crippen molar-refractivity contribution in [1.29, 1.82) is 0 Å². The molecule has 2 N–H and O–H groups in total. The van der Waals surface area contributed by atoms with E-state index in [1.165, 1.54) is 0 Å². The number of aromatic nitrogens is 2. The summed E-state index contributed by atoms with van der Waals surface area (Å²) in [7, 11) is 0. The maximum atomic E-state index is 12.7. The van der Waals surface area contributed by atoms with Crippen LogP contribution in [0.3, 0.4) is 0 Å². The molecule has 0 bridgehead atoms. The standard InChI is InChI=1S/C21H22N4O2/c26-20(13-16-14-23-19-4-2-1-3-18(16)19)25-11-7-15(8-12-25)21(27)24-17-5-9-22-10-6-17/h1-6,9-10,14-15,23H,7-8,11-13H2,(H,22,24,27). The summed E-state index contributed by atoms with van der Waals surface area (Å²) < 4.78 is 0. The normalized spacial score (nSPS) is 15.0. The summed E-state index contributed by atoms with van der Waals surface area (Å²) in [6, 6.07) is 11.6. The minimum absolute atomic E-state index is 0.0185. The second-order valence-corrected chi connectivity index (χ2v) is 6.92. The Labute approximate surface area is 157 Å². The van der Waals surface area contributed by atoms with E-state index in [2.05, 4.69) is 15.3 Å². The molecular weight excluding hydrogens is 340 g/mol. The number of rotatable bonds is 4. The minimum Gasteiger partial charge on any atom is -0.361 e. The van der Waals surface area contributed by atoms with Gasteiger partial charge in [-0.3, -0.25) is 14.6 Å². The molecule has 1 fully saturated rings. The number of para-hydroxylation sites is 1. The number of benzene rings is 1. The molecule has 27 heavy (non-hydrogen) atoms. The number of nitrogens with zero attached hydrogens (tertiary/aromatic N) is 2. The molecule has 2 amide bonds. The number of pyridine rings is 1. The van der Waals surface area contributed by atoms with Crippen molar-refractivity contribution in [3.05, 3.63) is 60.6 Å². The SMILES string of the molecule is O=C(Nc1ccncc1)C1CCN(C(=O)Cc2c[nH]c3ccccc23)CC1. The largest absolute Gasteiger partial charge is 0.361 e. The van der Waals surface area contributed by atoms with E-state index in [1.807, 2.05) is 35.4 Å². The van der Waals surface area contributed by atoms with Gasteiger partial charge in [0.15, 0.2) is 0 Å². The summed E-state index contributed by atoms with van der Waals surface area (Å²) in [5.74, 6) is 0.0768. The van der Waals surface area contributed by atoms with Gasteiger partial charge in [-0.05, 0) is 36.6 Å². The monoisotopic (exact) mass is 362 g/mol. The van der Waals surface area contributed by atoms with Crippen LogP contribution in [-0.4, -0.2) is 39.8 Å². The van der Waals surface area contributed by atoms with Crippen molar-refractivity contribution in [3.8, 4) is 0 Å². The third kappa shape index (κ3) is 3.84. The Morgan fingerprint density at radius 2 is 1.85 bits per heavy atom. The van der Waals surface area contributed by atoms with Crippen molar-refractivity contribution in [2.75, 3.05) is 18.4 Å². The first-order valence-corrected chi connectivity index (χ1v) is 9.24. The van der Waals surface area contributed by atoms with E-state index in [0.29, 0.717) is 32.4 Å². The van der Waals surface area contributed by atoms with Crippen LogP contribution in [0.15, 0.2) is 55.0 Å². The number of nitrogens with one attached hydrogen (secondary N) is 2. The highest BCUT2D eigenvalue weighted by Gasteiger charge is 2.27. The van der Waals surface area contributed by atoms with Gasteiger partial charge in [-0.1, -0.05) is 18.2 Å². The van der Waals surface area contributed by atoms with E-state index < -0.39 is 0 Å². The van der Waals surface area contributed by atoms with Gasteiger partial charge >= 0.3 is 0 Å². The molecule has 4 rings (SSSR count). The number of H-pyrrole nitrogens is 1.